The molecule has 1 amide bonds. The Hall–Kier alpha value is -2.64. The summed E-state index contributed by atoms with van der Waals surface area (Å²) in [4.78, 5) is 21.0. The van der Waals surface area contributed by atoms with Crippen LogP contribution in [-0.2, 0) is 4.74 Å². The lowest BCUT2D eigenvalue weighted by Crippen LogP contribution is -2.32. The lowest BCUT2D eigenvalue weighted by atomic mass is 9.76. The Kier molecular flexibility index (Phi) is 6.06. The van der Waals surface area contributed by atoms with Gasteiger partial charge in [0, 0.05) is 36.7 Å². The molecule has 1 saturated carbocycles. The van der Waals surface area contributed by atoms with E-state index in [9.17, 15) is 18.0 Å². The summed E-state index contributed by atoms with van der Waals surface area (Å²) in [7, 11) is 0. The van der Waals surface area contributed by atoms with E-state index in [1.54, 1.807) is 33.8 Å². The number of hydrogen-bond donors (Lipinski definition) is 1. The van der Waals surface area contributed by atoms with E-state index in [4.69, 9.17) is 4.74 Å². The predicted molar refractivity (Wildman–Crippen MR) is 108 cm³/mol. The Morgan fingerprint density at radius 3 is 2.60 bits per heavy atom. The van der Waals surface area contributed by atoms with E-state index in [1.807, 2.05) is 0 Å². The normalized spacial score (nSPS) is 21.2. The second-order valence-electron chi connectivity index (χ2n) is 8.76. The zero-order valence-corrected chi connectivity index (χ0v) is 17.5. The summed E-state index contributed by atoms with van der Waals surface area (Å²) in [6.07, 6.45) is 1.87. The van der Waals surface area contributed by atoms with Crippen LogP contribution in [0.3, 0.4) is 0 Å². The maximum Gasteiger partial charge on any atom is 0.412 e. The maximum absolute atomic E-state index is 14.5. The summed E-state index contributed by atoms with van der Waals surface area (Å²) < 4.78 is 47.6. The Bertz CT molecular complexity index is 928. The molecule has 2 aromatic heterocycles. The van der Waals surface area contributed by atoms with Gasteiger partial charge >= 0.3 is 6.09 Å². The highest BCUT2D eigenvalue weighted by atomic mass is 19.3. The Morgan fingerprint density at radius 1 is 1.23 bits per heavy atom. The van der Waals surface area contributed by atoms with E-state index in [2.05, 4.69) is 15.3 Å². The number of carbonyl (C=O) groups excluding carboxylic acids is 1. The van der Waals surface area contributed by atoms with Gasteiger partial charge < -0.3 is 4.74 Å². The van der Waals surface area contributed by atoms with Crippen molar-refractivity contribution < 1.29 is 22.7 Å². The van der Waals surface area contributed by atoms with E-state index in [-0.39, 0.29) is 42.5 Å². The predicted octanol–water partition coefficient (Wildman–Crippen LogP) is 6.17. The fourth-order valence-corrected chi connectivity index (χ4v) is 3.85. The molecule has 2 heterocycles. The molecule has 2 atom stereocenters. The number of nitrogens with one attached hydrogen (secondary N) is 1. The fourth-order valence-electron chi connectivity index (χ4n) is 3.85. The molecular formula is C22H26F3N3O2. The van der Waals surface area contributed by atoms with Crippen LogP contribution in [0.25, 0.3) is 11.3 Å². The lowest BCUT2D eigenvalue weighted by molar-refractivity contribution is -0.0558. The first kappa shape index (κ1) is 22.1. The smallest absolute Gasteiger partial charge is 0.412 e. The van der Waals surface area contributed by atoms with Crippen LogP contribution in [0.5, 0.6) is 0 Å². The van der Waals surface area contributed by atoms with Gasteiger partial charge in [-0.05, 0) is 51.3 Å². The van der Waals surface area contributed by atoms with Crippen molar-refractivity contribution in [3.63, 3.8) is 0 Å². The van der Waals surface area contributed by atoms with Crippen molar-refractivity contribution in [1.29, 1.82) is 0 Å². The zero-order valence-electron chi connectivity index (χ0n) is 17.5. The molecule has 0 bridgehead atoms. The van der Waals surface area contributed by atoms with Crippen LogP contribution in [0.15, 0.2) is 30.6 Å². The number of rotatable bonds is 3. The second kappa shape index (κ2) is 8.24. The van der Waals surface area contributed by atoms with Crippen LogP contribution in [0.2, 0.25) is 0 Å². The van der Waals surface area contributed by atoms with Crippen LogP contribution >= 0.6 is 0 Å². The molecule has 0 radical (unpaired) electrons. The molecule has 0 spiro atoms. The second-order valence-corrected chi connectivity index (χ2v) is 8.76. The van der Waals surface area contributed by atoms with E-state index in [0.717, 1.165) is 0 Å². The minimum absolute atomic E-state index is 0.0426. The third kappa shape index (κ3) is 5.09. The molecule has 0 saturated heterocycles. The molecule has 2 aromatic rings. The molecule has 8 heteroatoms. The van der Waals surface area contributed by atoms with E-state index in [1.165, 1.54) is 24.5 Å². The topological polar surface area (TPSA) is 64.1 Å². The van der Waals surface area contributed by atoms with Crippen LogP contribution in [-0.4, -0.2) is 27.6 Å². The van der Waals surface area contributed by atoms with Gasteiger partial charge in [0.05, 0.1) is 11.4 Å². The molecule has 3 rings (SSSR count). The number of halogens is 3. The van der Waals surface area contributed by atoms with Crippen LogP contribution in [0.4, 0.5) is 23.7 Å². The fraction of sp³-hybridized carbons (Fsp3) is 0.500. The number of carbonyl (C=O) groups is 1. The molecular weight excluding hydrogens is 395 g/mol. The van der Waals surface area contributed by atoms with Gasteiger partial charge in [-0.15, -0.1) is 0 Å². The van der Waals surface area contributed by atoms with Crippen LogP contribution < -0.4 is 5.32 Å². The summed E-state index contributed by atoms with van der Waals surface area (Å²) in [5, 5.41) is 2.68. The lowest BCUT2D eigenvalue weighted by Gasteiger charge is -2.34. The van der Waals surface area contributed by atoms with Gasteiger partial charge in [0.15, 0.2) is 0 Å². The van der Waals surface area contributed by atoms with E-state index >= 15 is 0 Å². The summed E-state index contributed by atoms with van der Waals surface area (Å²) >= 11 is 0. The summed E-state index contributed by atoms with van der Waals surface area (Å²) in [6.45, 7) is 6.91. The first-order valence-electron chi connectivity index (χ1n) is 9.94. The molecule has 162 valence electrons. The van der Waals surface area contributed by atoms with Crippen molar-refractivity contribution in [1.82, 2.24) is 9.97 Å². The highest BCUT2D eigenvalue weighted by Crippen LogP contribution is 2.47. The zero-order chi connectivity index (χ0) is 22.1. The van der Waals surface area contributed by atoms with E-state index < -0.39 is 23.4 Å². The minimum Gasteiger partial charge on any atom is -0.444 e. The third-order valence-corrected chi connectivity index (χ3v) is 5.10. The first-order valence-corrected chi connectivity index (χ1v) is 9.94. The molecule has 1 aliphatic rings. The number of nitrogens with zero attached hydrogens (tertiary/aromatic N) is 2. The maximum atomic E-state index is 14.5. The number of alkyl halides is 2. The molecule has 1 N–H and O–H groups in total. The molecule has 1 aliphatic carbocycles. The van der Waals surface area contributed by atoms with Gasteiger partial charge in [0.25, 0.3) is 0 Å². The number of amides is 1. The van der Waals surface area contributed by atoms with Gasteiger partial charge in [-0.25, -0.2) is 18.0 Å². The summed E-state index contributed by atoms with van der Waals surface area (Å²) in [5.41, 5.74) is 0.301. The van der Waals surface area contributed by atoms with Crippen molar-refractivity contribution in [3.8, 4) is 11.3 Å². The summed E-state index contributed by atoms with van der Waals surface area (Å²) in [6, 6.07) is 4.28. The van der Waals surface area contributed by atoms with Crippen molar-refractivity contribution in [3.05, 3.63) is 42.1 Å². The largest absolute Gasteiger partial charge is 0.444 e. The standard InChI is InChI=1S/C22H26F3N3O2/c1-13-12-22(24,25)9-7-14(13)18-19(28-20(29)30-21(2,3)4)15(8-11-27-18)17-16(23)6-5-10-26-17/h5-6,8,10-11,13-14H,7,9,12H2,1-4H3,(H,28,29). The molecule has 2 unspecified atom stereocenters. The van der Waals surface area contributed by atoms with Crippen molar-refractivity contribution >= 4 is 11.8 Å². The number of ether oxygens (including phenoxy) is 1. The highest BCUT2D eigenvalue weighted by molar-refractivity contribution is 5.92. The van der Waals surface area contributed by atoms with Gasteiger partial charge in [0.1, 0.15) is 17.1 Å². The van der Waals surface area contributed by atoms with Gasteiger partial charge in [-0.3, -0.25) is 15.3 Å². The van der Waals surface area contributed by atoms with Crippen LogP contribution in [0, 0.1) is 11.7 Å². The van der Waals surface area contributed by atoms with Gasteiger partial charge in [-0.1, -0.05) is 6.92 Å². The van der Waals surface area contributed by atoms with E-state index in [0.29, 0.717) is 11.3 Å². The number of hydrogen-bond acceptors (Lipinski definition) is 4. The molecule has 0 aliphatic heterocycles. The molecule has 1 fully saturated rings. The number of pyridine rings is 2. The molecule has 30 heavy (non-hydrogen) atoms. The third-order valence-electron chi connectivity index (χ3n) is 5.10. The highest BCUT2D eigenvalue weighted by Gasteiger charge is 2.41. The average molecular weight is 421 g/mol. The average Bonchev–Trinajstić information content (AvgIpc) is 2.61. The Balaban J connectivity index is 2.07. The molecule has 0 aromatic carbocycles. The van der Waals surface area contributed by atoms with Gasteiger partial charge in [-0.2, -0.15) is 0 Å². The number of anilines is 1. The SMILES string of the molecule is CC1CC(F)(F)CCC1c1nccc(-c2ncccc2F)c1NC(=O)OC(C)(C)C. The van der Waals surface area contributed by atoms with Crippen LogP contribution in [0.1, 0.15) is 58.6 Å². The quantitative estimate of drug-likeness (QED) is 0.644. The minimum atomic E-state index is -2.72. The van der Waals surface area contributed by atoms with Crippen molar-refractivity contribution in [2.75, 3.05) is 5.32 Å². The molecule has 5 nitrogen and oxygen atoms in total. The Morgan fingerprint density at radius 2 is 1.97 bits per heavy atom. The van der Waals surface area contributed by atoms with Gasteiger partial charge in [0.2, 0.25) is 5.92 Å². The monoisotopic (exact) mass is 421 g/mol. The van der Waals surface area contributed by atoms with Crippen molar-refractivity contribution in [2.45, 2.75) is 64.4 Å². The summed E-state index contributed by atoms with van der Waals surface area (Å²) in [5.74, 6) is -3.98. The first-order chi connectivity index (χ1) is 14.0. The van der Waals surface area contributed by atoms with Crippen molar-refractivity contribution in [2.24, 2.45) is 5.92 Å². The Labute approximate surface area is 174 Å². The number of aromatic nitrogens is 2.